The molecular weight excluding hydrogens is 196 g/mol. The summed E-state index contributed by atoms with van der Waals surface area (Å²) in [7, 11) is 0. The highest BCUT2D eigenvalue weighted by Crippen LogP contribution is 2.16. The van der Waals surface area contributed by atoms with Crippen molar-refractivity contribution in [2.75, 3.05) is 13.2 Å². The Morgan fingerprint density at radius 3 is 3.14 bits per heavy atom. The summed E-state index contributed by atoms with van der Waals surface area (Å²) in [6, 6.07) is 1.96. The van der Waals surface area contributed by atoms with Crippen LogP contribution in [0.5, 0.6) is 0 Å². The van der Waals surface area contributed by atoms with E-state index in [4.69, 9.17) is 9.84 Å². The molecule has 0 saturated heterocycles. The summed E-state index contributed by atoms with van der Waals surface area (Å²) in [6.45, 7) is 3.40. The zero-order valence-electron chi connectivity index (χ0n) is 8.25. The smallest absolute Gasteiger partial charge is 0.104 e. The van der Waals surface area contributed by atoms with Crippen molar-refractivity contribution in [3.8, 4) is 11.8 Å². The Kier molecular flexibility index (Phi) is 5.31. The van der Waals surface area contributed by atoms with Gasteiger partial charge in [-0.25, -0.2) is 0 Å². The molecule has 0 aliphatic rings. The molecule has 0 aliphatic carbocycles. The molecule has 76 valence electrons. The quantitative estimate of drug-likeness (QED) is 0.608. The fraction of sp³-hybridized carbons (Fsp3) is 0.455. The van der Waals surface area contributed by atoms with Crippen LogP contribution in [0.2, 0.25) is 0 Å². The Morgan fingerprint density at radius 2 is 2.43 bits per heavy atom. The van der Waals surface area contributed by atoms with Crippen LogP contribution < -0.4 is 0 Å². The largest absolute Gasteiger partial charge is 0.384 e. The fourth-order valence-corrected chi connectivity index (χ4v) is 1.77. The number of aliphatic hydroxyl groups is 1. The molecule has 0 radical (unpaired) electrons. The highest BCUT2D eigenvalue weighted by atomic mass is 32.1. The third-order valence-corrected chi connectivity index (χ3v) is 2.52. The van der Waals surface area contributed by atoms with Crippen LogP contribution in [0.15, 0.2) is 11.4 Å². The summed E-state index contributed by atoms with van der Waals surface area (Å²) in [5.41, 5.74) is 0.972. The van der Waals surface area contributed by atoms with Crippen LogP contribution in [-0.2, 0) is 11.3 Å². The number of hydrogen-bond acceptors (Lipinski definition) is 3. The van der Waals surface area contributed by atoms with Crippen molar-refractivity contribution >= 4 is 11.3 Å². The number of thiophene rings is 1. The van der Waals surface area contributed by atoms with Crippen LogP contribution in [0.3, 0.4) is 0 Å². The molecular formula is C11H14O2S. The molecule has 1 heterocycles. The first-order valence-corrected chi connectivity index (χ1v) is 5.50. The van der Waals surface area contributed by atoms with Crippen molar-refractivity contribution in [3.05, 3.63) is 21.9 Å². The lowest BCUT2D eigenvalue weighted by atomic mass is 10.2. The maximum Gasteiger partial charge on any atom is 0.104 e. The molecule has 1 rings (SSSR count). The fourth-order valence-electron chi connectivity index (χ4n) is 1.01. The van der Waals surface area contributed by atoms with Gasteiger partial charge in [-0.3, -0.25) is 0 Å². The van der Waals surface area contributed by atoms with E-state index in [-0.39, 0.29) is 6.61 Å². The van der Waals surface area contributed by atoms with E-state index < -0.39 is 0 Å². The maximum atomic E-state index is 8.57. The molecule has 1 aromatic rings. The van der Waals surface area contributed by atoms with Crippen molar-refractivity contribution in [2.24, 2.45) is 0 Å². The van der Waals surface area contributed by atoms with Gasteiger partial charge < -0.3 is 9.84 Å². The van der Waals surface area contributed by atoms with Gasteiger partial charge in [0.1, 0.15) is 6.61 Å². The summed E-state index contributed by atoms with van der Waals surface area (Å²) in [5.74, 6) is 5.54. The molecule has 0 fully saturated rings. The topological polar surface area (TPSA) is 29.5 Å². The number of ether oxygens (including phenoxy) is 1. The Labute approximate surface area is 88.5 Å². The zero-order valence-corrected chi connectivity index (χ0v) is 9.06. The maximum absolute atomic E-state index is 8.57. The van der Waals surface area contributed by atoms with Crippen molar-refractivity contribution in [1.82, 2.24) is 0 Å². The molecule has 0 spiro atoms. The Hall–Kier alpha value is -0.820. The summed E-state index contributed by atoms with van der Waals surface area (Å²) >= 11 is 1.64. The van der Waals surface area contributed by atoms with Crippen LogP contribution >= 0.6 is 11.3 Å². The van der Waals surface area contributed by atoms with E-state index >= 15 is 0 Å². The molecule has 1 aromatic heterocycles. The standard InChI is InChI=1S/C11H14O2S/c1-2-7-13-9-11-10(4-3-6-12)5-8-14-11/h5,8,12H,2,6-7,9H2,1H3. The van der Waals surface area contributed by atoms with Crippen molar-refractivity contribution in [2.45, 2.75) is 20.0 Å². The van der Waals surface area contributed by atoms with E-state index in [1.807, 2.05) is 11.4 Å². The van der Waals surface area contributed by atoms with E-state index in [1.54, 1.807) is 11.3 Å². The molecule has 3 heteroatoms. The predicted molar refractivity (Wildman–Crippen MR) is 58.2 cm³/mol. The van der Waals surface area contributed by atoms with E-state index in [0.717, 1.165) is 23.5 Å². The van der Waals surface area contributed by atoms with Gasteiger partial charge in [-0.05, 0) is 17.9 Å². The Balaban J connectivity index is 2.54. The number of hydrogen-bond donors (Lipinski definition) is 1. The van der Waals surface area contributed by atoms with Crippen LogP contribution in [0.1, 0.15) is 23.8 Å². The third-order valence-electron chi connectivity index (χ3n) is 1.63. The average molecular weight is 210 g/mol. The minimum atomic E-state index is -0.0922. The van der Waals surface area contributed by atoms with Gasteiger partial charge >= 0.3 is 0 Å². The lowest BCUT2D eigenvalue weighted by molar-refractivity contribution is 0.123. The third kappa shape index (κ3) is 3.51. The Bertz CT molecular complexity index is 320. The molecule has 14 heavy (non-hydrogen) atoms. The summed E-state index contributed by atoms with van der Waals surface area (Å²) in [5, 5.41) is 10.6. The van der Waals surface area contributed by atoms with Gasteiger partial charge in [0, 0.05) is 17.0 Å². The van der Waals surface area contributed by atoms with E-state index in [0.29, 0.717) is 6.61 Å². The van der Waals surface area contributed by atoms with Crippen molar-refractivity contribution in [3.63, 3.8) is 0 Å². The first-order chi connectivity index (χ1) is 6.88. The first kappa shape index (κ1) is 11.3. The minimum absolute atomic E-state index is 0.0922. The molecule has 0 bridgehead atoms. The lowest BCUT2D eigenvalue weighted by Crippen LogP contribution is -1.93. The van der Waals surface area contributed by atoms with Gasteiger partial charge in [-0.15, -0.1) is 11.3 Å². The monoisotopic (exact) mass is 210 g/mol. The normalized spacial score (nSPS) is 9.57. The molecule has 0 unspecified atom stereocenters. The molecule has 0 atom stereocenters. The summed E-state index contributed by atoms with van der Waals surface area (Å²) in [6.07, 6.45) is 1.03. The van der Waals surface area contributed by atoms with Crippen LogP contribution in [0, 0.1) is 11.8 Å². The highest BCUT2D eigenvalue weighted by Gasteiger charge is 2.00. The zero-order chi connectivity index (χ0) is 10.2. The lowest BCUT2D eigenvalue weighted by Gasteiger charge is -1.99. The molecule has 0 aromatic carbocycles. The molecule has 0 amide bonds. The summed E-state index contributed by atoms with van der Waals surface area (Å²) in [4.78, 5) is 1.14. The molecule has 0 aliphatic heterocycles. The van der Waals surface area contributed by atoms with E-state index in [2.05, 4.69) is 18.8 Å². The van der Waals surface area contributed by atoms with Gasteiger partial charge in [0.25, 0.3) is 0 Å². The van der Waals surface area contributed by atoms with Gasteiger partial charge in [0.15, 0.2) is 0 Å². The second-order valence-electron chi connectivity index (χ2n) is 2.77. The molecule has 0 saturated carbocycles. The molecule has 1 N–H and O–H groups in total. The van der Waals surface area contributed by atoms with Crippen molar-refractivity contribution < 1.29 is 9.84 Å². The second-order valence-corrected chi connectivity index (χ2v) is 3.77. The summed E-state index contributed by atoms with van der Waals surface area (Å²) < 4.78 is 5.43. The first-order valence-electron chi connectivity index (χ1n) is 4.62. The van der Waals surface area contributed by atoms with Crippen LogP contribution in [0.4, 0.5) is 0 Å². The minimum Gasteiger partial charge on any atom is -0.384 e. The van der Waals surface area contributed by atoms with Crippen LogP contribution in [-0.4, -0.2) is 18.3 Å². The number of rotatable bonds is 4. The SMILES string of the molecule is CCCOCc1sccc1C#CCO. The second kappa shape index (κ2) is 6.61. The van der Waals surface area contributed by atoms with Gasteiger partial charge in [-0.1, -0.05) is 18.8 Å². The molecule has 2 nitrogen and oxygen atoms in total. The van der Waals surface area contributed by atoms with Crippen LogP contribution in [0.25, 0.3) is 0 Å². The Morgan fingerprint density at radius 1 is 1.57 bits per heavy atom. The highest BCUT2D eigenvalue weighted by molar-refractivity contribution is 7.10. The van der Waals surface area contributed by atoms with Crippen molar-refractivity contribution in [1.29, 1.82) is 0 Å². The number of aliphatic hydroxyl groups excluding tert-OH is 1. The van der Waals surface area contributed by atoms with Gasteiger partial charge in [0.2, 0.25) is 0 Å². The predicted octanol–water partition coefficient (Wildman–Crippen LogP) is 2.02. The average Bonchev–Trinajstić information content (AvgIpc) is 2.63. The van der Waals surface area contributed by atoms with Gasteiger partial charge in [0.05, 0.1) is 6.61 Å². The van der Waals surface area contributed by atoms with Gasteiger partial charge in [-0.2, -0.15) is 0 Å². The van der Waals surface area contributed by atoms with E-state index in [9.17, 15) is 0 Å². The van der Waals surface area contributed by atoms with E-state index in [1.165, 1.54) is 0 Å².